The van der Waals surface area contributed by atoms with E-state index < -0.39 is 11.9 Å². The van der Waals surface area contributed by atoms with Crippen molar-refractivity contribution < 1.29 is 9.21 Å². The maximum absolute atomic E-state index is 10.8. The van der Waals surface area contributed by atoms with Crippen LogP contribution in [-0.2, 0) is 4.79 Å². The number of nitrogens with two attached hydrogens (primary N) is 2. The highest BCUT2D eigenvalue weighted by Gasteiger charge is 2.15. The number of hydrogen-bond acceptors (Lipinski definition) is 3. The van der Waals surface area contributed by atoms with Gasteiger partial charge in [0.15, 0.2) is 0 Å². The summed E-state index contributed by atoms with van der Waals surface area (Å²) in [6.45, 7) is 0. The maximum Gasteiger partial charge on any atom is 0.219 e. The van der Waals surface area contributed by atoms with Crippen LogP contribution in [-0.4, -0.2) is 5.91 Å². The molecule has 2 aromatic rings. The third-order valence-corrected chi connectivity index (χ3v) is 2.88. The predicted octanol–water partition coefficient (Wildman–Crippen LogP) is 2.48. The van der Waals surface area contributed by atoms with E-state index in [1.165, 1.54) is 0 Å². The molecule has 5 heteroatoms. The molecular formula is C13H13ClN2O2. The third kappa shape index (κ3) is 2.72. The fourth-order valence-corrected chi connectivity index (χ4v) is 1.90. The molecule has 18 heavy (non-hydrogen) atoms. The van der Waals surface area contributed by atoms with Gasteiger partial charge in [0.1, 0.15) is 11.5 Å². The van der Waals surface area contributed by atoms with Gasteiger partial charge in [-0.25, -0.2) is 0 Å². The van der Waals surface area contributed by atoms with E-state index in [1.54, 1.807) is 18.2 Å². The van der Waals surface area contributed by atoms with Gasteiger partial charge in [0.2, 0.25) is 5.91 Å². The summed E-state index contributed by atoms with van der Waals surface area (Å²) in [6.07, 6.45) is 0.0511. The minimum atomic E-state index is -0.529. The van der Waals surface area contributed by atoms with E-state index in [1.807, 2.05) is 18.2 Å². The zero-order valence-corrected chi connectivity index (χ0v) is 10.4. The molecule has 2 rings (SSSR count). The van der Waals surface area contributed by atoms with Crippen LogP contribution in [0.25, 0.3) is 11.3 Å². The number of benzene rings is 1. The van der Waals surface area contributed by atoms with Gasteiger partial charge in [-0.2, -0.15) is 0 Å². The summed E-state index contributed by atoms with van der Waals surface area (Å²) in [7, 11) is 0. The van der Waals surface area contributed by atoms with Gasteiger partial charge in [-0.1, -0.05) is 23.7 Å². The molecule has 1 atom stereocenters. The van der Waals surface area contributed by atoms with E-state index >= 15 is 0 Å². The first-order valence-corrected chi connectivity index (χ1v) is 5.84. The topological polar surface area (TPSA) is 82.2 Å². The van der Waals surface area contributed by atoms with Crippen molar-refractivity contribution >= 4 is 17.5 Å². The summed E-state index contributed by atoms with van der Waals surface area (Å²) in [5.74, 6) is 0.678. The van der Waals surface area contributed by atoms with Crippen LogP contribution < -0.4 is 11.5 Å². The van der Waals surface area contributed by atoms with Crippen LogP contribution in [0.4, 0.5) is 0 Å². The van der Waals surface area contributed by atoms with Gasteiger partial charge in [0.25, 0.3) is 0 Å². The van der Waals surface area contributed by atoms with E-state index in [9.17, 15) is 4.79 Å². The molecule has 4 N–H and O–H groups in total. The Morgan fingerprint density at radius 2 is 2.00 bits per heavy atom. The highest BCUT2D eigenvalue weighted by Crippen LogP contribution is 2.30. The number of carbonyl (C=O) groups excluding carboxylic acids is 1. The molecule has 1 aromatic carbocycles. The van der Waals surface area contributed by atoms with Crippen LogP contribution in [0, 0.1) is 0 Å². The molecule has 0 aliphatic carbocycles. The smallest absolute Gasteiger partial charge is 0.219 e. The standard InChI is InChI=1S/C13H13ClN2O2/c14-9-4-2-1-3-8(9)11-5-6-12(18-11)10(15)7-13(16)17/h1-6,10H,7,15H2,(H2,16,17)/t10-/m1/s1. The van der Waals surface area contributed by atoms with Crippen molar-refractivity contribution in [3.63, 3.8) is 0 Å². The van der Waals surface area contributed by atoms with Gasteiger partial charge >= 0.3 is 0 Å². The average molecular weight is 265 g/mol. The van der Waals surface area contributed by atoms with E-state index in [2.05, 4.69) is 0 Å². The SMILES string of the molecule is NC(=O)C[C@@H](N)c1ccc(-c2ccccc2Cl)o1. The molecule has 1 heterocycles. The van der Waals surface area contributed by atoms with Crippen LogP contribution in [0.3, 0.4) is 0 Å². The summed E-state index contributed by atoms with van der Waals surface area (Å²) < 4.78 is 5.60. The van der Waals surface area contributed by atoms with Crippen LogP contribution in [0.5, 0.6) is 0 Å². The molecule has 4 nitrogen and oxygen atoms in total. The number of carbonyl (C=O) groups is 1. The molecule has 0 radical (unpaired) electrons. The molecule has 94 valence electrons. The van der Waals surface area contributed by atoms with Gasteiger partial charge < -0.3 is 15.9 Å². The van der Waals surface area contributed by atoms with Crippen molar-refractivity contribution in [3.05, 3.63) is 47.2 Å². The van der Waals surface area contributed by atoms with Crippen molar-refractivity contribution in [2.24, 2.45) is 11.5 Å². The monoisotopic (exact) mass is 264 g/mol. The van der Waals surface area contributed by atoms with Crippen molar-refractivity contribution in [1.82, 2.24) is 0 Å². The lowest BCUT2D eigenvalue weighted by Crippen LogP contribution is -2.20. The van der Waals surface area contributed by atoms with Gasteiger partial charge in [-0.3, -0.25) is 4.79 Å². The minimum absolute atomic E-state index is 0.0511. The number of amides is 1. The van der Waals surface area contributed by atoms with Crippen LogP contribution in [0.15, 0.2) is 40.8 Å². The Hall–Kier alpha value is -1.78. The first-order chi connectivity index (χ1) is 8.58. The Labute approximate surface area is 110 Å². The molecule has 0 aliphatic heterocycles. The number of hydrogen-bond donors (Lipinski definition) is 2. The zero-order chi connectivity index (χ0) is 13.1. The fraction of sp³-hybridized carbons (Fsp3) is 0.154. The van der Waals surface area contributed by atoms with Gasteiger partial charge in [-0.15, -0.1) is 0 Å². The highest BCUT2D eigenvalue weighted by atomic mass is 35.5. The van der Waals surface area contributed by atoms with Crippen molar-refractivity contribution in [2.45, 2.75) is 12.5 Å². The Kier molecular flexibility index (Phi) is 3.69. The zero-order valence-electron chi connectivity index (χ0n) is 9.60. The van der Waals surface area contributed by atoms with Crippen molar-refractivity contribution in [3.8, 4) is 11.3 Å². The molecule has 0 aliphatic rings. The molecule has 1 amide bonds. The Morgan fingerprint density at radius 1 is 1.28 bits per heavy atom. The maximum atomic E-state index is 10.8. The van der Waals surface area contributed by atoms with Crippen molar-refractivity contribution in [1.29, 1.82) is 0 Å². The Morgan fingerprint density at radius 3 is 2.67 bits per heavy atom. The van der Waals surface area contributed by atoms with E-state index in [0.29, 0.717) is 16.5 Å². The lowest BCUT2D eigenvalue weighted by atomic mass is 10.1. The summed E-state index contributed by atoms with van der Waals surface area (Å²) in [5, 5.41) is 0.599. The first kappa shape index (κ1) is 12.7. The van der Waals surface area contributed by atoms with Gasteiger partial charge in [0, 0.05) is 12.0 Å². The van der Waals surface area contributed by atoms with Gasteiger partial charge in [0.05, 0.1) is 11.1 Å². The van der Waals surface area contributed by atoms with E-state index in [-0.39, 0.29) is 6.42 Å². The minimum Gasteiger partial charge on any atom is -0.459 e. The van der Waals surface area contributed by atoms with E-state index in [4.69, 9.17) is 27.5 Å². The largest absolute Gasteiger partial charge is 0.459 e. The molecule has 1 aromatic heterocycles. The molecule has 0 unspecified atom stereocenters. The second-order valence-corrected chi connectivity index (χ2v) is 4.37. The quantitative estimate of drug-likeness (QED) is 0.890. The van der Waals surface area contributed by atoms with E-state index in [0.717, 1.165) is 5.56 Å². The summed E-state index contributed by atoms with van der Waals surface area (Å²) in [4.78, 5) is 10.8. The first-order valence-electron chi connectivity index (χ1n) is 5.46. The number of furan rings is 1. The Bertz CT molecular complexity index is 566. The second-order valence-electron chi connectivity index (χ2n) is 3.96. The summed E-state index contributed by atoms with van der Waals surface area (Å²) in [6, 6.07) is 10.3. The normalized spacial score (nSPS) is 12.3. The molecule has 0 spiro atoms. The Balaban J connectivity index is 2.26. The third-order valence-electron chi connectivity index (χ3n) is 2.55. The predicted molar refractivity (Wildman–Crippen MR) is 69.9 cm³/mol. The average Bonchev–Trinajstić information content (AvgIpc) is 2.78. The second kappa shape index (κ2) is 5.25. The number of rotatable bonds is 4. The summed E-state index contributed by atoms with van der Waals surface area (Å²) in [5.41, 5.74) is 11.7. The van der Waals surface area contributed by atoms with Crippen LogP contribution in [0.2, 0.25) is 5.02 Å². The highest BCUT2D eigenvalue weighted by molar-refractivity contribution is 6.33. The number of halogens is 1. The fourth-order valence-electron chi connectivity index (χ4n) is 1.68. The molecule has 0 fully saturated rings. The van der Waals surface area contributed by atoms with Crippen LogP contribution >= 0.6 is 11.6 Å². The molecule has 0 bridgehead atoms. The molecule has 0 saturated carbocycles. The lowest BCUT2D eigenvalue weighted by Gasteiger charge is -2.05. The van der Waals surface area contributed by atoms with Crippen LogP contribution in [0.1, 0.15) is 18.2 Å². The van der Waals surface area contributed by atoms with Crippen molar-refractivity contribution in [2.75, 3.05) is 0 Å². The summed E-state index contributed by atoms with van der Waals surface area (Å²) >= 11 is 6.07. The lowest BCUT2D eigenvalue weighted by molar-refractivity contribution is -0.118. The number of primary amides is 1. The molecular weight excluding hydrogens is 252 g/mol. The van der Waals surface area contributed by atoms with Gasteiger partial charge in [-0.05, 0) is 24.3 Å². The molecule has 0 saturated heterocycles.